The van der Waals surface area contributed by atoms with Gasteiger partial charge in [0.1, 0.15) is 0 Å². The normalized spacial score (nSPS) is 13.4. The monoisotopic (exact) mass is 1000 g/mol. The molecule has 0 saturated carbocycles. The van der Waals surface area contributed by atoms with E-state index in [0.29, 0.717) is 17.8 Å². The van der Waals surface area contributed by atoms with Crippen molar-refractivity contribution < 1.29 is 0 Å². The molecule has 0 heteroatoms. The molecule has 0 nitrogen and oxygen atoms in total. The highest BCUT2D eigenvalue weighted by Crippen LogP contribution is 2.57. The van der Waals surface area contributed by atoms with Crippen molar-refractivity contribution in [2.45, 2.75) is 164 Å². The van der Waals surface area contributed by atoms with Crippen LogP contribution in [0.15, 0.2) is 140 Å². The summed E-state index contributed by atoms with van der Waals surface area (Å²) in [5.41, 5.74) is 17.5. The number of fused-ring (bicyclic) bond motifs is 10. The van der Waals surface area contributed by atoms with Crippen LogP contribution in [-0.2, 0) is 21.7 Å². The highest BCUT2D eigenvalue weighted by Gasteiger charge is 2.31. The SMILES string of the molecule is CC(C)c1cc(C(C)C)c(-c2ccc3c(c2)c2cccc4c5c(-c6cc(C(C)(C)C)cc(C(C)(C)C)c6)c6c7cc8ccccc8c8cccc(c6c(-c6cc(C(C)(C)C)cc(C(C)(C)C)c6)c5cc3c24)c87)c(C(C)C)c1. The molecule has 0 bridgehead atoms. The van der Waals surface area contributed by atoms with Crippen molar-refractivity contribution in [1.29, 1.82) is 0 Å². The van der Waals surface area contributed by atoms with E-state index in [1.54, 1.807) is 0 Å². The number of hydrogen-bond donors (Lipinski definition) is 0. The first-order chi connectivity index (χ1) is 36.2. The smallest absolute Gasteiger partial charge is 0.000697 e. The van der Waals surface area contributed by atoms with Gasteiger partial charge in [-0.3, -0.25) is 0 Å². The molecule has 0 aliphatic rings. The summed E-state index contributed by atoms with van der Waals surface area (Å²) in [6.07, 6.45) is 0. The summed E-state index contributed by atoms with van der Waals surface area (Å²) in [5.74, 6) is 1.24. The summed E-state index contributed by atoms with van der Waals surface area (Å²) >= 11 is 0. The van der Waals surface area contributed by atoms with Crippen LogP contribution in [0.3, 0.4) is 0 Å². The molecule has 12 aromatic rings. The third kappa shape index (κ3) is 8.05. The van der Waals surface area contributed by atoms with E-state index in [1.165, 1.54) is 159 Å². The van der Waals surface area contributed by atoms with Crippen LogP contribution in [0.5, 0.6) is 0 Å². The number of hydrogen-bond acceptors (Lipinski definition) is 0. The number of benzene rings is 10. The molecular formula is C77H80. The average molecular weight is 1010 g/mol. The van der Waals surface area contributed by atoms with Crippen LogP contribution in [0.1, 0.15) is 181 Å². The van der Waals surface area contributed by atoms with Crippen molar-refractivity contribution in [2.24, 2.45) is 0 Å². The Balaban J connectivity index is 1.36. The minimum atomic E-state index is -0.0739. The first-order valence-electron chi connectivity index (χ1n) is 28.9. The molecule has 0 unspecified atom stereocenters. The molecule has 0 saturated heterocycles. The number of rotatable bonds is 6. The van der Waals surface area contributed by atoms with Gasteiger partial charge in [-0.1, -0.05) is 246 Å². The van der Waals surface area contributed by atoms with Crippen molar-refractivity contribution in [3.05, 3.63) is 178 Å². The molecule has 0 radical (unpaired) electrons. The predicted molar refractivity (Wildman–Crippen MR) is 342 cm³/mol. The largest absolute Gasteiger partial charge is 0.0616 e. The van der Waals surface area contributed by atoms with Gasteiger partial charge >= 0.3 is 0 Å². The fraction of sp³-hybridized carbons (Fsp3) is 0.325. The van der Waals surface area contributed by atoms with Crippen molar-refractivity contribution in [1.82, 2.24) is 0 Å². The van der Waals surface area contributed by atoms with Gasteiger partial charge in [0.05, 0.1) is 0 Å². The Morgan fingerprint density at radius 2 is 0.714 bits per heavy atom. The lowest BCUT2D eigenvalue weighted by atomic mass is 9.76. The first kappa shape index (κ1) is 51.0. The standard InChI is InChI=1S/C77H80/c1-42(2)47-37-60(43(3)4)66(61(38-47)44(5)6)46-29-30-55-62(36-46)57-26-22-27-58-69(57)63(55)41-65-67(48-31-50(74(7,8)9)39-51(32-48)75(10,11)12)72-59-28-21-25-56-54-24-20-19-23-45(54)35-64(70(56)59)73(72)68(71(58)65)49-33-52(76(13,14)15)40-53(34-49)77(16,17)18/h19-44H,1-18H3. The fourth-order valence-electron chi connectivity index (χ4n) is 13.3. The van der Waals surface area contributed by atoms with E-state index in [1.807, 2.05) is 0 Å². The Kier molecular flexibility index (Phi) is 11.5. The van der Waals surface area contributed by atoms with E-state index in [9.17, 15) is 0 Å². The topological polar surface area (TPSA) is 0 Å². The van der Waals surface area contributed by atoms with Crippen LogP contribution in [0.25, 0.3) is 120 Å². The molecule has 0 aliphatic carbocycles. The van der Waals surface area contributed by atoms with Crippen molar-refractivity contribution in [3.8, 4) is 33.4 Å². The zero-order chi connectivity index (χ0) is 54.7. The van der Waals surface area contributed by atoms with E-state index in [-0.39, 0.29) is 21.7 Å². The predicted octanol–water partition coefficient (Wildman–Crippen LogP) is 23.3. The van der Waals surface area contributed by atoms with Gasteiger partial charge in [0.15, 0.2) is 0 Å². The fourth-order valence-corrected chi connectivity index (χ4v) is 13.3. The minimum absolute atomic E-state index is 0.0708. The Hall–Kier alpha value is -6.76. The summed E-state index contributed by atoms with van der Waals surface area (Å²) in [5, 5.41) is 21.4. The maximum Gasteiger partial charge on any atom is -0.000697 e. The van der Waals surface area contributed by atoms with E-state index in [0.717, 1.165) is 0 Å². The molecule has 0 heterocycles. The minimum Gasteiger partial charge on any atom is -0.0616 e. The van der Waals surface area contributed by atoms with Gasteiger partial charge in [-0.05, 0) is 216 Å². The van der Waals surface area contributed by atoms with Gasteiger partial charge in [-0.25, -0.2) is 0 Å². The highest BCUT2D eigenvalue weighted by atomic mass is 14.3. The molecule has 0 aromatic heterocycles. The molecule has 0 aliphatic heterocycles. The van der Waals surface area contributed by atoms with Crippen molar-refractivity contribution in [2.75, 3.05) is 0 Å². The maximum absolute atomic E-state index is 2.65. The maximum atomic E-state index is 2.65. The van der Waals surface area contributed by atoms with E-state index in [2.05, 4.69) is 264 Å². The molecule has 12 aromatic carbocycles. The second-order valence-corrected chi connectivity index (χ2v) is 28.3. The van der Waals surface area contributed by atoms with Gasteiger partial charge in [0.2, 0.25) is 0 Å². The summed E-state index contributed by atoms with van der Waals surface area (Å²) in [7, 11) is 0. The molecule has 77 heavy (non-hydrogen) atoms. The zero-order valence-electron chi connectivity index (χ0n) is 49.5. The third-order valence-electron chi connectivity index (χ3n) is 17.8. The third-order valence-corrected chi connectivity index (χ3v) is 17.8. The lowest BCUT2D eigenvalue weighted by Crippen LogP contribution is -2.16. The van der Waals surface area contributed by atoms with Gasteiger partial charge in [-0.15, -0.1) is 0 Å². The van der Waals surface area contributed by atoms with Crippen LogP contribution in [0, 0.1) is 0 Å². The van der Waals surface area contributed by atoms with Crippen LogP contribution in [0.4, 0.5) is 0 Å². The average Bonchev–Trinajstić information content (AvgIpc) is 4.06. The summed E-state index contributed by atoms with van der Waals surface area (Å²) in [6.45, 7) is 42.8. The molecular weight excluding hydrogens is 925 g/mol. The lowest BCUT2D eigenvalue weighted by molar-refractivity contribution is 0.568. The van der Waals surface area contributed by atoms with Gasteiger partial charge in [-0.2, -0.15) is 0 Å². The van der Waals surface area contributed by atoms with E-state index in [4.69, 9.17) is 0 Å². The van der Waals surface area contributed by atoms with E-state index < -0.39 is 0 Å². The van der Waals surface area contributed by atoms with Crippen LogP contribution in [-0.4, -0.2) is 0 Å². The summed E-state index contributed by atoms with van der Waals surface area (Å²) < 4.78 is 0. The Morgan fingerprint density at radius 1 is 0.260 bits per heavy atom. The molecule has 0 atom stereocenters. The molecule has 0 N–H and O–H groups in total. The van der Waals surface area contributed by atoms with Gasteiger partial charge < -0.3 is 0 Å². The first-order valence-corrected chi connectivity index (χ1v) is 28.9. The lowest BCUT2D eigenvalue weighted by Gasteiger charge is -2.28. The van der Waals surface area contributed by atoms with Crippen LogP contribution in [0.2, 0.25) is 0 Å². The molecule has 0 spiro atoms. The molecule has 0 fully saturated rings. The van der Waals surface area contributed by atoms with Crippen molar-refractivity contribution in [3.63, 3.8) is 0 Å². The van der Waals surface area contributed by atoms with Gasteiger partial charge in [0, 0.05) is 0 Å². The second-order valence-electron chi connectivity index (χ2n) is 28.3. The van der Waals surface area contributed by atoms with Crippen molar-refractivity contribution >= 4 is 86.2 Å². The second kappa shape index (κ2) is 17.4. The Morgan fingerprint density at radius 3 is 1.23 bits per heavy atom. The highest BCUT2D eigenvalue weighted by molar-refractivity contribution is 6.46. The molecule has 388 valence electrons. The Labute approximate surface area is 459 Å². The Bertz CT molecular complexity index is 4270. The summed E-state index contributed by atoms with van der Waals surface area (Å²) in [4.78, 5) is 0. The summed E-state index contributed by atoms with van der Waals surface area (Å²) in [6, 6.07) is 56.4. The zero-order valence-corrected chi connectivity index (χ0v) is 49.5. The van der Waals surface area contributed by atoms with Crippen LogP contribution >= 0.6 is 0 Å². The van der Waals surface area contributed by atoms with Gasteiger partial charge in [0.25, 0.3) is 0 Å². The molecule has 0 amide bonds. The van der Waals surface area contributed by atoms with Crippen LogP contribution < -0.4 is 0 Å². The quantitative estimate of drug-likeness (QED) is 0.146. The molecule has 12 rings (SSSR count). The van der Waals surface area contributed by atoms with E-state index >= 15 is 0 Å².